The van der Waals surface area contributed by atoms with Gasteiger partial charge in [-0.3, -0.25) is 9.78 Å². The molecule has 0 aliphatic carbocycles. The van der Waals surface area contributed by atoms with Crippen molar-refractivity contribution in [1.29, 1.82) is 0 Å². The molecule has 2 aromatic heterocycles. The van der Waals surface area contributed by atoms with Gasteiger partial charge in [0.05, 0.1) is 11.7 Å². The quantitative estimate of drug-likeness (QED) is 0.867. The minimum atomic E-state index is -0.155. The number of carbonyl (C=O) groups is 1. The molecule has 4 nitrogen and oxygen atoms in total. The predicted molar refractivity (Wildman–Crippen MR) is 76.3 cm³/mol. The number of carbonyl (C=O) groups excluding carboxylic acids is 1. The van der Waals surface area contributed by atoms with Crippen molar-refractivity contribution in [1.82, 2.24) is 15.3 Å². The summed E-state index contributed by atoms with van der Waals surface area (Å²) in [5.41, 5.74) is 1.34. The van der Waals surface area contributed by atoms with E-state index in [9.17, 15) is 4.79 Å². The zero-order chi connectivity index (χ0) is 13.1. The van der Waals surface area contributed by atoms with Crippen LogP contribution in [0.15, 0.2) is 39.5 Å². The Morgan fingerprint density at radius 2 is 2.17 bits per heavy atom. The third kappa shape index (κ3) is 3.20. The Bertz CT molecular complexity index is 551. The second-order valence-electron chi connectivity index (χ2n) is 3.83. The molecular weight excluding hydrogens is 362 g/mol. The number of aromatic amines is 1. The highest BCUT2D eigenvalue weighted by Crippen LogP contribution is 2.15. The van der Waals surface area contributed by atoms with Gasteiger partial charge in [-0.15, -0.1) is 0 Å². The van der Waals surface area contributed by atoms with Crippen LogP contribution in [-0.4, -0.2) is 15.9 Å². The molecule has 0 unspecified atom stereocenters. The Kier molecular flexibility index (Phi) is 4.19. The Balaban J connectivity index is 2.05. The summed E-state index contributed by atoms with van der Waals surface area (Å²) in [6, 6.07) is 5.36. The van der Waals surface area contributed by atoms with Gasteiger partial charge in [-0.1, -0.05) is 0 Å². The third-order valence-corrected chi connectivity index (χ3v) is 3.36. The van der Waals surface area contributed by atoms with Gasteiger partial charge in [0.2, 0.25) is 0 Å². The van der Waals surface area contributed by atoms with Crippen LogP contribution in [0.25, 0.3) is 0 Å². The van der Waals surface area contributed by atoms with Crippen LogP contribution in [0.2, 0.25) is 0 Å². The van der Waals surface area contributed by atoms with Gasteiger partial charge in [-0.05, 0) is 57.0 Å². The van der Waals surface area contributed by atoms with Gasteiger partial charge in [-0.25, -0.2) is 0 Å². The minimum Gasteiger partial charge on any atom is -0.356 e. The van der Waals surface area contributed by atoms with Crippen molar-refractivity contribution in [3.63, 3.8) is 0 Å². The normalized spacial score (nSPS) is 12.2. The average molecular weight is 373 g/mol. The lowest BCUT2D eigenvalue weighted by Crippen LogP contribution is -2.27. The molecule has 2 aromatic rings. The number of hydrogen-bond donors (Lipinski definition) is 2. The molecule has 2 rings (SSSR count). The summed E-state index contributed by atoms with van der Waals surface area (Å²) in [6.07, 6.45) is 3.43. The fourth-order valence-electron chi connectivity index (χ4n) is 1.49. The van der Waals surface area contributed by atoms with E-state index in [1.54, 1.807) is 18.5 Å². The first kappa shape index (κ1) is 13.3. The number of nitrogens with one attached hydrogen (secondary N) is 2. The van der Waals surface area contributed by atoms with Crippen LogP contribution in [0.3, 0.4) is 0 Å². The molecule has 0 aromatic carbocycles. The Morgan fingerprint density at radius 3 is 2.72 bits per heavy atom. The van der Waals surface area contributed by atoms with Crippen molar-refractivity contribution >= 4 is 37.8 Å². The van der Waals surface area contributed by atoms with Crippen molar-refractivity contribution in [3.8, 4) is 0 Å². The fraction of sp³-hybridized carbons (Fsp3) is 0.167. The highest BCUT2D eigenvalue weighted by Gasteiger charge is 2.13. The molecule has 0 saturated carbocycles. The second-order valence-corrected chi connectivity index (χ2v) is 5.66. The van der Waals surface area contributed by atoms with Gasteiger partial charge in [0.15, 0.2) is 0 Å². The maximum atomic E-state index is 11.9. The van der Waals surface area contributed by atoms with Crippen LogP contribution in [-0.2, 0) is 0 Å². The molecule has 0 radical (unpaired) electrons. The van der Waals surface area contributed by atoms with Crippen molar-refractivity contribution in [2.45, 2.75) is 13.0 Å². The van der Waals surface area contributed by atoms with E-state index in [4.69, 9.17) is 0 Å². The molecular formula is C12H11Br2N3O. The predicted octanol–water partition coefficient (Wildman–Crippen LogP) is 3.43. The number of aromatic nitrogens is 2. The van der Waals surface area contributed by atoms with E-state index in [1.807, 2.05) is 19.1 Å². The molecule has 0 aliphatic heterocycles. The van der Waals surface area contributed by atoms with Gasteiger partial charge >= 0.3 is 0 Å². The molecule has 18 heavy (non-hydrogen) atoms. The van der Waals surface area contributed by atoms with Crippen molar-refractivity contribution in [3.05, 3.63) is 50.9 Å². The molecule has 2 heterocycles. The van der Waals surface area contributed by atoms with E-state index >= 15 is 0 Å². The van der Waals surface area contributed by atoms with E-state index in [-0.39, 0.29) is 11.9 Å². The summed E-state index contributed by atoms with van der Waals surface area (Å²) in [6.45, 7) is 1.89. The average Bonchev–Trinajstić information content (AvgIpc) is 2.76. The van der Waals surface area contributed by atoms with E-state index in [1.165, 1.54) is 0 Å². The first-order valence-electron chi connectivity index (χ1n) is 5.32. The lowest BCUT2D eigenvalue weighted by Gasteiger charge is -2.12. The number of halogens is 2. The summed E-state index contributed by atoms with van der Waals surface area (Å²) in [4.78, 5) is 19.0. The summed E-state index contributed by atoms with van der Waals surface area (Å²) in [5.74, 6) is -0.155. The van der Waals surface area contributed by atoms with Gasteiger partial charge in [0.1, 0.15) is 5.69 Å². The molecule has 0 aliphatic rings. The monoisotopic (exact) mass is 371 g/mol. The van der Waals surface area contributed by atoms with Crippen molar-refractivity contribution in [2.24, 2.45) is 0 Å². The van der Waals surface area contributed by atoms with Crippen LogP contribution in [0.1, 0.15) is 29.1 Å². The standard InChI is InChI=1S/C12H11Br2N3O/c1-7(10-3-2-8(13)5-15-10)17-12(18)11-4-9(14)6-16-11/h2-7,16H,1H3,(H,17,18)/t7-/m1/s1. The Hall–Kier alpha value is -1.14. The highest BCUT2D eigenvalue weighted by molar-refractivity contribution is 9.10. The lowest BCUT2D eigenvalue weighted by molar-refractivity contribution is 0.0934. The molecule has 2 N–H and O–H groups in total. The molecule has 6 heteroatoms. The summed E-state index contributed by atoms with van der Waals surface area (Å²) in [5, 5.41) is 2.88. The summed E-state index contributed by atoms with van der Waals surface area (Å²) in [7, 11) is 0. The van der Waals surface area contributed by atoms with Gasteiger partial charge in [0, 0.05) is 21.3 Å². The molecule has 0 saturated heterocycles. The van der Waals surface area contributed by atoms with Crippen LogP contribution < -0.4 is 5.32 Å². The van der Waals surface area contributed by atoms with E-state index in [2.05, 4.69) is 47.1 Å². The number of pyridine rings is 1. The molecule has 94 valence electrons. The summed E-state index contributed by atoms with van der Waals surface area (Å²) < 4.78 is 1.76. The molecule has 0 fully saturated rings. The van der Waals surface area contributed by atoms with E-state index in [0.29, 0.717) is 5.69 Å². The molecule has 1 amide bonds. The van der Waals surface area contributed by atoms with E-state index < -0.39 is 0 Å². The second kappa shape index (κ2) is 5.67. The largest absolute Gasteiger partial charge is 0.356 e. The van der Waals surface area contributed by atoms with E-state index in [0.717, 1.165) is 14.6 Å². The number of rotatable bonds is 3. The highest BCUT2D eigenvalue weighted by atomic mass is 79.9. The first-order chi connectivity index (χ1) is 8.56. The number of hydrogen-bond acceptors (Lipinski definition) is 2. The van der Waals surface area contributed by atoms with Crippen LogP contribution in [0.5, 0.6) is 0 Å². The number of nitrogens with zero attached hydrogens (tertiary/aromatic N) is 1. The Labute approximate surface area is 121 Å². The van der Waals surface area contributed by atoms with Crippen molar-refractivity contribution in [2.75, 3.05) is 0 Å². The molecule has 0 bridgehead atoms. The van der Waals surface area contributed by atoms with Gasteiger partial charge in [-0.2, -0.15) is 0 Å². The zero-order valence-electron chi connectivity index (χ0n) is 9.58. The summed E-state index contributed by atoms with van der Waals surface area (Å²) >= 11 is 6.62. The van der Waals surface area contributed by atoms with Crippen LogP contribution in [0, 0.1) is 0 Å². The Morgan fingerprint density at radius 1 is 1.39 bits per heavy atom. The van der Waals surface area contributed by atoms with Gasteiger partial charge in [0.25, 0.3) is 5.91 Å². The smallest absolute Gasteiger partial charge is 0.268 e. The minimum absolute atomic E-state index is 0.146. The van der Waals surface area contributed by atoms with Crippen molar-refractivity contribution < 1.29 is 4.79 Å². The topological polar surface area (TPSA) is 57.8 Å². The maximum absolute atomic E-state index is 11.9. The van der Waals surface area contributed by atoms with Gasteiger partial charge < -0.3 is 10.3 Å². The maximum Gasteiger partial charge on any atom is 0.268 e. The molecule has 1 atom stereocenters. The number of amides is 1. The zero-order valence-corrected chi connectivity index (χ0v) is 12.7. The third-order valence-electron chi connectivity index (χ3n) is 2.43. The first-order valence-corrected chi connectivity index (χ1v) is 6.91. The fourth-order valence-corrected chi connectivity index (χ4v) is 2.07. The number of H-pyrrole nitrogens is 1. The SMILES string of the molecule is C[C@@H](NC(=O)c1cc(Br)c[nH]1)c1ccc(Br)cn1. The van der Waals surface area contributed by atoms with Crippen LogP contribution in [0.4, 0.5) is 0 Å². The molecule has 0 spiro atoms. The van der Waals surface area contributed by atoms with Crippen LogP contribution >= 0.6 is 31.9 Å². The lowest BCUT2D eigenvalue weighted by atomic mass is 10.2.